The van der Waals surface area contributed by atoms with E-state index in [4.69, 9.17) is 4.74 Å². The molecule has 0 bridgehead atoms. The Bertz CT molecular complexity index is 813. The summed E-state index contributed by atoms with van der Waals surface area (Å²) in [5, 5.41) is 3.89. The number of nitrogens with zero attached hydrogens (tertiary/aromatic N) is 3. The fourth-order valence-corrected chi connectivity index (χ4v) is 2.70. The monoisotopic (exact) mass is 371 g/mol. The summed E-state index contributed by atoms with van der Waals surface area (Å²) >= 11 is 0. The molecule has 0 atom stereocenters. The molecular weight excluding hydrogens is 355 g/mol. The highest BCUT2D eigenvalue weighted by atomic mass is 19.4. The van der Waals surface area contributed by atoms with Crippen LogP contribution in [0.1, 0.15) is 23.2 Å². The quantitative estimate of drug-likeness (QED) is 0.592. The van der Waals surface area contributed by atoms with Crippen LogP contribution in [-0.4, -0.2) is 58.9 Å². The molecule has 0 spiro atoms. The number of hydrogen-bond donors (Lipinski definition) is 0. The molecule has 2 aromatic heterocycles. The molecule has 3 rings (SSSR count). The van der Waals surface area contributed by atoms with E-state index in [0.717, 1.165) is 25.8 Å². The van der Waals surface area contributed by atoms with E-state index in [1.54, 1.807) is 6.07 Å². The molecule has 1 fully saturated rings. The van der Waals surface area contributed by atoms with Crippen molar-refractivity contribution in [1.29, 1.82) is 0 Å². The zero-order chi connectivity index (χ0) is 18.7. The van der Waals surface area contributed by atoms with Gasteiger partial charge in [0.2, 0.25) is 0 Å². The van der Waals surface area contributed by atoms with Gasteiger partial charge in [-0.25, -0.2) is 14.1 Å². The molecule has 1 saturated heterocycles. The minimum atomic E-state index is -5.24. The number of carbonyl (C=O) groups excluding carboxylic acids is 2. The van der Waals surface area contributed by atoms with Gasteiger partial charge in [0, 0.05) is 6.54 Å². The Kier molecular flexibility index (Phi) is 5.12. The van der Waals surface area contributed by atoms with Crippen molar-refractivity contribution in [2.45, 2.75) is 19.0 Å². The highest BCUT2D eigenvalue weighted by molar-refractivity contribution is 6.02. The standard InChI is InChI=1S/C16H16F3N3O4/c17-16(18,19)15(24)26-14(23)12-9-20-22-10-11(3-4-13(12)22)25-8-7-21-5-1-2-6-21/h3-4,9-10H,1-2,5-8H2. The molecule has 10 heteroatoms. The summed E-state index contributed by atoms with van der Waals surface area (Å²) in [6.45, 7) is 3.41. The minimum Gasteiger partial charge on any atom is -0.491 e. The van der Waals surface area contributed by atoms with Crippen LogP contribution in [0.25, 0.3) is 5.52 Å². The summed E-state index contributed by atoms with van der Waals surface area (Å²) in [5.74, 6) is -3.47. The molecule has 1 aliphatic rings. The maximum Gasteiger partial charge on any atom is 0.491 e. The summed E-state index contributed by atoms with van der Waals surface area (Å²) in [6.07, 6.45) is -0.323. The number of rotatable bonds is 5. The van der Waals surface area contributed by atoms with E-state index in [2.05, 4.69) is 14.7 Å². The first kappa shape index (κ1) is 18.2. The number of fused-ring (bicyclic) bond motifs is 1. The second kappa shape index (κ2) is 7.32. The Labute approximate surface area is 146 Å². The summed E-state index contributed by atoms with van der Waals surface area (Å²) in [7, 11) is 0. The molecule has 0 aliphatic carbocycles. The smallest absolute Gasteiger partial charge is 0.491 e. The van der Waals surface area contributed by atoms with Crippen molar-refractivity contribution in [1.82, 2.24) is 14.5 Å². The number of pyridine rings is 1. The molecule has 3 heterocycles. The third-order valence-corrected chi connectivity index (χ3v) is 4.00. The van der Waals surface area contributed by atoms with Crippen LogP contribution in [0.4, 0.5) is 13.2 Å². The van der Waals surface area contributed by atoms with Crippen LogP contribution >= 0.6 is 0 Å². The van der Waals surface area contributed by atoms with Crippen LogP contribution in [0.15, 0.2) is 24.5 Å². The Balaban J connectivity index is 1.64. The second-order valence-corrected chi connectivity index (χ2v) is 5.82. The molecule has 0 unspecified atom stereocenters. The Morgan fingerprint density at radius 3 is 2.62 bits per heavy atom. The number of carbonyl (C=O) groups is 2. The molecule has 7 nitrogen and oxygen atoms in total. The predicted molar refractivity (Wildman–Crippen MR) is 82.8 cm³/mol. The molecule has 26 heavy (non-hydrogen) atoms. The molecule has 140 valence electrons. The van der Waals surface area contributed by atoms with Crippen molar-refractivity contribution >= 4 is 17.5 Å². The lowest BCUT2D eigenvalue weighted by Gasteiger charge is -2.14. The van der Waals surface area contributed by atoms with Gasteiger partial charge >= 0.3 is 18.1 Å². The predicted octanol–water partition coefficient (Wildman–Crippen LogP) is 2.05. The molecule has 0 saturated carbocycles. The minimum absolute atomic E-state index is 0.205. The lowest BCUT2D eigenvalue weighted by Crippen LogP contribution is -2.28. The SMILES string of the molecule is O=C(OC(=O)C(F)(F)F)c1cnn2cc(OCCN3CCCC3)ccc12. The molecule has 2 aromatic rings. The summed E-state index contributed by atoms with van der Waals surface area (Å²) in [5.41, 5.74) is -0.0388. The van der Waals surface area contributed by atoms with Crippen LogP contribution < -0.4 is 4.74 Å². The Morgan fingerprint density at radius 1 is 1.19 bits per heavy atom. The topological polar surface area (TPSA) is 73.1 Å². The van der Waals surface area contributed by atoms with Gasteiger partial charge < -0.3 is 9.47 Å². The number of esters is 2. The third kappa shape index (κ3) is 4.13. The van der Waals surface area contributed by atoms with Crippen LogP contribution in [0, 0.1) is 0 Å². The second-order valence-electron chi connectivity index (χ2n) is 5.82. The summed E-state index contributed by atoms with van der Waals surface area (Å²) in [4.78, 5) is 24.8. The fourth-order valence-electron chi connectivity index (χ4n) is 2.70. The zero-order valence-electron chi connectivity index (χ0n) is 13.7. The first-order valence-electron chi connectivity index (χ1n) is 8.00. The van der Waals surface area contributed by atoms with Crippen LogP contribution in [0.2, 0.25) is 0 Å². The van der Waals surface area contributed by atoms with Crippen LogP contribution in [-0.2, 0) is 9.53 Å². The van der Waals surface area contributed by atoms with Gasteiger partial charge in [0.15, 0.2) is 0 Å². The molecule has 1 aliphatic heterocycles. The number of ether oxygens (including phenoxy) is 2. The lowest BCUT2D eigenvalue weighted by atomic mass is 10.2. The van der Waals surface area contributed by atoms with Gasteiger partial charge in [0.1, 0.15) is 17.9 Å². The van der Waals surface area contributed by atoms with E-state index in [0.29, 0.717) is 12.4 Å². The van der Waals surface area contributed by atoms with Crippen molar-refractivity contribution in [2.75, 3.05) is 26.2 Å². The van der Waals surface area contributed by atoms with Crippen molar-refractivity contribution in [2.24, 2.45) is 0 Å². The Morgan fingerprint density at radius 2 is 1.92 bits per heavy atom. The maximum absolute atomic E-state index is 12.2. The van der Waals surface area contributed by atoms with Gasteiger partial charge in [-0.2, -0.15) is 18.3 Å². The normalized spacial score (nSPS) is 15.3. The number of halogens is 3. The Hall–Kier alpha value is -2.62. The first-order chi connectivity index (χ1) is 12.3. The van der Waals surface area contributed by atoms with Gasteiger partial charge in [0.25, 0.3) is 0 Å². The van der Waals surface area contributed by atoms with Crippen molar-refractivity contribution in [3.63, 3.8) is 0 Å². The van der Waals surface area contributed by atoms with Crippen LogP contribution in [0.5, 0.6) is 5.75 Å². The number of likely N-dealkylation sites (tertiary alicyclic amines) is 1. The van der Waals surface area contributed by atoms with Gasteiger partial charge in [0.05, 0.1) is 17.9 Å². The lowest BCUT2D eigenvalue weighted by molar-refractivity contribution is -0.193. The number of aromatic nitrogens is 2. The maximum atomic E-state index is 12.2. The largest absolute Gasteiger partial charge is 0.491 e. The van der Waals surface area contributed by atoms with E-state index >= 15 is 0 Å². The number of hydrogen-bond acceptors (Lipinski definition) is 6. The number of alkyl halides is 3. The first-order valence-corrected chi connectivity index (χ1v) is 8.00. The van der Waals surface area contributed by atoms with E-state index < -0.39 is 18.1 Å². The van der Waals surface area contributed by atoms with Crippen molar-refractivity contribution in [3.8, 4) is 5.75 Å². The van der Waals surface area contributed by atoms with E-state index in [9.17, 15) is 22.8 Å². The van der Waals surface area contributed by atoms with Crippen LogP contribution in [0.3, 0.4) is 0 Å². The molecule has 0 N–H and O–H groups in total. The zero-order valence-corrected chi connectivity index (χ0v) is 13.7. The summed E-state index contributed by atoms with van der Waals surface area (Å²) < 4.78 is 47.3. The molecule has 0 aromatic carbocycles. The average Bonchev–Trinajstić information content (AvgIpc) is 3.22. The van der Waals surface area contributed by atoms with Gasteiger partial charge in [-0.1, -0.05) is 0 Å². The van der Waals surface area contributed by atoms with Crippen molar-refractivity contribution in [3.05, 3.63) is 30.1 Å². The van der Waals surface area contributed by atoms with E-state index in [1.807, 2.05) is 0 Å². The average molecular weight is 371 g/mol. The fraction of sp³-hybridized carbons (Fsp3) is 0.438. The van der Waals surface area contributed by atoms with Gasteiger partial charge in [-0.05, 0) is 38.1 Å². The van der Waals surface area contributed by atoms with Gasteiger partial charge in [-0.3, -0.25) is 4.90 Å². The molecule has 0 amide bonds. The third-order valence-electron chi connectivity index (χ3n) is 4.00. The molecular formula is C16H16F3N3O4. The van der Waals surface area contributed by atoms with E-state index in [1.165, 1.54) is 29.6 Å². The molecule has 0 radical (unpaired) electrons. The highest BCUT2D eigenvalue weighted by Gasteiger charge is 2.42. The van der Waals surface area contributed by atoms with Crippen molar-refractivity contribution < 1.29 is 32.2 Å². The van der Waals surface area contributed by atoms with E-state index in [-0.39, 0.29) is 11.1 Å². The van der Waals surface area contributed by atoms with Gasteiger partial charge in [-0.15, -0.1) is 0 Å². The summed E-state index contributed by atoms with van der Waals surface area (Å²) in [6, 6.07) is 3.04. The highest BCUT2D eigenvalue weighted by Crippen LogP contribution is 2.20.